The minimum Gasteiger partial charge on any atom is -0.467 e. The van der Waals surface area contributed by atoms with E-state index >= 15 is 0 Å². The minimum absolute atomic E-state index is 0.00794. The first kappa shape index (κ1) is 20.8. The van der Waals surface area contributed by atoms with Crippen LogP contribution in [0, 0.1) is 17.0 Å². The highest BCUT2D eigenvalue weighted by atomic mass is 35.5. The van der Waals surface area contributed by atoms with Gasteiger partial charge in [0, 0.05) is 23.2 Å². The number of aryl methyl sites for hydroxylation is 1. The Morgan fingerprint density at radius 3 is 2.74 bits per heavy atom. The van der Waals surface area contributed by atoms with E-state index in [9.17, 15) is 14.9 Å². The first-order valence-corrected chi connectivity index (χ1v) is 10.4. The Bertz CT molecular complexity index is 1280. The summed E-state index contributed by atoms with van der Waals surface area (Å²) in [6.45, 7) is 2.13. The Hall–Kier alpha value is -3.49. The summed E-state index contributed by atoms with van der Waals surface area (Å²) in [5.41, 5.74) is 2.38. The molecule has 0 saturated heterocycles. The maximum atomic E-state index is 13.1. The number of thiazole rings is 1. The second kappa shape index (κ2) is 8.71. The Balaban J connectivity index is 1.65. The van der Waals surface area contributed by atoms with Crippen molar-refractivity contribution in [3.63, 3.8) is 0 Å². The molecule has 31 heavy (non-hydrogen) atoms. The van der Waals surface area contributed by atoms with Crippen molar-refractivity contribution in [1.82, 2.24) is 4.98 Å². The largest absolute Gasteiger partial charge is 0.467 e. The van der Waals surface area contributed by atoms with Crippen molar-refractivity contribution in [2.75, 3.05) is 4.90 Å². The number of non-ortho nitro benzene ring substituents is 1. The number of furan rings is 1. The highest BCUT2D eigenvalue weighted by molar-refractivity contribution is 7.22. The number of carbonyl (C=O) groups excluding carboxylic acids is 1. The maximum Gasteiger partial charge on any atom is 0.269 e. The molecule has 1 amide bonds. The molecule has 0 fully saturated rings. The van der Waals surface area contributed by atoms with Gasteiger partial charge in [0.15, 0.2) is 5.13 Å². The lowest BCUT2D eigenvalue weighted by Gasteiger charge is -2.16. The smallest absolute Gasteiger partial charge is 0.269 e. The lowest BCUT2D eigenvalue weighted by Crippen LogP contribution is -2.28. The zero-order chi connectivity index (χ0) is 22.0. The Kier molecular flexibility index (Phi) is 5.83. The third-order valence-corrected chi connectivity index (χ3v) is 5.80. The highest BCUT2D eigenvalue weighted by Crippen LogP contribution is 2.34. The van der Waals surface area contributed by atoms with Crippen molar-refractivity contribution in [2.45, 2.75) is 13.5 Å². The van der Waals surface area contributed by atoms with E-state index in [-0.39, 0.29) is 18.1 Å². The molecule has 2 heterocycles. The normalized spacial score (nSPS) is 11.3. The molecule has 4 aromatic rings. The number of fused-ring (bicyclic) bond motifs is 1. The van der Waals surface area contributed by atoms with Gasteiger partial charge in [-0.05, 0) is 60.5 Å². The molecule has 156 valence electrons. The molecule has 7 nitrogen and oxygen atoms in total. The zero-order valence-corrected chi connectivity index (χ0v) is 17.9. The lowest BCUT2D eigenvalue weighted by molar-refractivity contribution is -0.384. The first-order chi connectivity index (χ1) is 14.9. The molecule has 0 bridgehead atoms. The predicted octanol–water partition coefficient (Wildman–Crippen LogP) is 6.01. The van der Waals surface area contributed by atoms with Gasteiger partial charge in [0.2, 0.25) is 0 Å². The molecule has 0 aliphatic rings. The van der Waals surface area contributed by atoms with E-state index in [2.05, 4.69) is 4.98 Å². The van der Waals surface area contributed by atoms with Crippen molar-refractivity contribution in [2.24, 2.45) is 0 Å². The van der Waals surface area contributed by atoms with Crippen LogP contribution in [-0.2, 0) is 11.3 Å². The van der Waals surface area contributed by atoms with E-state index in [1.54, 1.807) is 36.6 Å². The van der Waals surface area contributed by atoms with E-state index in [1.807, 2.05) is 19.1 Å². The Labute approximate surface area is 186 Å². The van der Waals surface area contributed by atoms with Crippen LogP contribution < -0.4 is 4.90 Å². The first-order valence-electron chi connectivity index (χ1n) is 9.24. The van der Waals surface area contributed by atoms with Crippen LogP contribution in [0.4, 0.5) is 10.8 Å². The second-order valence-corrected chi connectivity index (χ2v) is 8.20. The molecule has 0 aliphatic heterocycles. The number of nitro benzene ring substituents is 1. The second-order valence-electron chi connectivity index (χ2n) is 6.75. The number of anilines is 1. The third kappa shape index (κ3) is 4.65. The number of nitro groups is 1. The maximum absolute atomic E-state index is 13.1. The summed E-state index contributed by atoms with van der Waals surface area (Å²) in [5.74, 6) is 0.323. The van der Waals surface area contributed by atoms with Crippen LogP contribution in [0.25, 0.3) is 16.3 Å². The highest BCUT2D eigenvalue weighted by Gasteiger charge is 2.20. The van der Waals surface area contributed by atoms with Crippen LogP contribution in [-0.4, -0.2) is 15.8 Å². The summed E-state index contributed by atoms with van der Waals surface area (Å²) in [6.07, 6.45) is 4.57. The average molecular weight is 454 g/mol. The van der Waals surface area contributed by atoms with E-state index in [4.69, 9.17) is 16.0 Å². The number of hydrogen-bond donors (Lipinski definition) is 0. The van der Waals surface area contributed by atoms with E-state index < -0.39 is 4.92 Å². The van der Waals surface area contributed by atoms with E-state index in [1.165, 1.54) is 34.4 Å². The van der Waals surface area contributed by atoms with Crippen molar-refractivity contribution in [1.29, 1.82) is 0 Å². The van der Waals surface area contributed by atoms with Crippen molar-refractivity contribution >= 4 is 56.0 Å². The standard InChI is InChI=1S/C22H16ClN3O4S/c1-14-11-16(23)12-19-21(14)24-22(31-19)25(13-18-3-2-10-30-18)20(27)9-6-15-4-7-17(8-5-15)26(28)29/h2-12H,13H2,1H3/b9-6-. The monoisotopic (exact) mass is 453 g/mol. The fourth-order valence-electron chi connectivity index (χ4n) is 3.02. The molecule has 0 N–H and O–H groups in total. The number of nitrogens with zero attached hydrogens (tertiary/aromatic N) is 3. The average Bonchev–Trinajstić information content (AvgIpc) is 3.40. The predicted molar refractivity (Wildman–Crippen MR) is 121 cm³/mol. The van der Waals surface area contributed by atoms with Crippen LogP contribution in [0.3, 0.4) is 0 Å². The van der Waals surface area contributed by atoms with Gasteiger partial charge >= 0.3 is 0 Å². The van der Waals surface area contributed by atoms with Gasteiger partial charge in [0.1, 0.15) is 5.76 Å². The number of aromatic nitrogens is 1. The van der Waals surface area contributed by atoms with Gasteiger partial charge in [-0.25, -0.2) is 4.98 Å². The summed E-state index contributed by atoms with van der Waals surface area (Å²) >= 11 is 7.54. The molecule has 4 rings (SSSR count). The van der Waals surface area contributed by atoms with Gasteiger partial charge in [-0.2, -0.15) is 0 Å². The fourth-order valence-corrected chi connectivity index (χ4v) is 4.45. The van der Waals surface area contributed by atoms with Crippen LogP contribution in [0.5, 0.6) is 0 Å². The molecule has 0 aliphatic carbocycles. The van der Waals surface area contributed by atoms with Crippen LogP contribution in [0.1, 0.15) is 16.9 Å². The molecule has 0 radical (unpaired) electrons. The number of benzene rings is 2. The SMILES string of the molecule is Cc1cc(Cl)cc2sc(N(Cc3ccco3)C(=O)/C=C\c3ccc([N+](=O)[O-])cc3)nc12. The van der Waals surface area contributed by atoms with Crippen LogP contribution in [0.2, 0.25) is 5.02 Å². The number of hydrogen-bond acceptors (Lipinski definition) is 6. The quantitative estimate of drug-likeness (QED) is 0.203. The minimum atomic E-state index is -0.467. The van der Waals surface area contributed by atoms with Crippen LogP contribution >= 0.6 is 22.9 Å². The summed E-state index contributed by atoms with van der Waals surface area (Å²) in [4.78, 5) is 29.6. The van der Waals surface area contributed by atoms with Gasteiger partial charge in [0.25, 0.3) is 11.6 Å². The molecule has 0 spiro atoms. The summed E-state index contributed by atoms with van der Waals surface area (Å²) < 4.78 is 6.31. The zero-order valence-electron chi connectivity index (χ0n) is 16.3. The van der Waals surface area contributed by atoms with Gasteiger partial charge in [0.05, 0.1) is 27.9 Å². The van der Waals surface area contributed by atoms with Crippen molar-refractivity contribution in [3.05, 3.63) is 92.9 Å². The third-order valence-electron chi connectivity index (χ3n) is 4.55. The summed E-state index contributed by atoms with van der Waals surface area (Å²) in [6, 6.07) is 13.2. The molecular formula is C22H16ClN3O4S. The topological polar surface area (TPSA) is 89.5 Å². The summed E-state index contributed by atoms with van der Waals surface area (Å²) in [5, 5.41) is 11.9. The molecule has 2 aromatic heterocycles. The van der Waals surface area contributed by atoms with Gasteiger partial charge in [-0.15, -0.1) is 0 Å². The summed E-state index contributed by atoms with van der Waals surface area (Å²) in [7, 11) is 0. The molecule has 0 saturated carbocycles. The van der Waals surface area contributed by atoms with Crippen molar-refractivity contribution < 1.29 is 14.1 Å². The molecule has 0 atom stereocenters. The van der Waals surface area contributed by atoms with E-state index in [0.717, 1.165) is 15.8 Å². The number of amides is 1. The Morgan fingerprint density at radius 1 is 1.29 bits per heavy atom. The number of halogens is 1. The molecular weight excluding hydrogens is 438 g/mol. The van der Waals surface area contributed by atoms with Gasteiger partial charge < -0.3 is 4.42 Å². The van der Waals surface area contributed by atoms with Gasteiger partial charge in [-0.3, -0.25) is 19.8 Å². The Morgan fingerprint density at radius 2 is 2.06 bits per heavy atom. The van der Waals surface area contributed by atoms with Crippen LogP contribution in [0.15, 0.2) is 65.3 Å². The molecule has 0 unspecified atom stereocenters. The molecule has 2 aromatic carbocycles. The number of carbonyl (C=O) groups is 1. The number of rotatable bonds is 6. The van der Waals surface area contributed by atoms with E-state index in [0.29, 0.717) is 21.5 Å². The fraction of sp³-hybridized carbons (Fsp3) is 0.0909. The lowest BCUT2D eigenvalue weighted by atomic mass is 10.2. The van der Waals surface area contributed by atoms with Crippen molar-refractivity contribution in [3.8, 4) is 0 Å². The van der Waals surface area contributed by atoms with Gasteiger partial charge in [-0.1, -0.05) is 22.9 Å². The molecule has 9 heteroatoms.